The highest BCUT2D eigenvalue weighted by Crippen LogP contribution is 2.14. The largest absolute Gasteiger partial charge is 0.374 e. The van der Waals surface area contributed by atoms with Crippen LogP contribution in [-0.2, 0) is 4.79 Å². The van der Waals surface area contributed by atoms with Crippen LogP contribution in [0.2, 0.25) is 0 Å². The Kier molecular flexibility index (Phi) is 16.7. The lowest BCUT2D eigenvalue weighted by Gasteiger charge is -2.08. The normalized spacial score (nSPS) is 14.5. The van der Waals surface area contributed by atoms with Crippen LogP contribution in [0.15, 0.2) is 58.2 Å². The summed E-state index contributed by atoms with van der Waals surface area (Å²) in [6, 6.07) is 0. The summed E-state index contributed by atoms with van der Waals surface area (Å²) in [5, 5.41) is 12.0. The predicted molar refractivity (Wildman–Crippen MR) is 136 cm³/mol. The van der Waals surface area contributed by atoms with Gasteiger partial charge in [-0.1, -0.05) is 59.1 Å². The summed E-state index contributed by atoms with van der Waals surface area (Å²) in [4.78, 5) is 11.7. The number of hydrogen-bond acceptors (Lipinski definition) is 2. The van der Waals surface area contributed by atoms with Gasteiger partial charge in [0.05, 0.1) is 0 Å². The molecule has 0 saturated heterocycles. The van der Waals surface area contributed by atoms with Gasteiger partial charge < -0.3 is 10.4 Å². The molecule has 0 bridgehead atoms. The fraction of sp³-hybridized carbons (Fsp3) is 0.607. The second kappa shape index (κ2) is 17.8. The maximum atomic E-state index is 11.7. The van der Waals surface area contributed by atoms with E-state index in [-0.39, 0.29) is 5.91 Å². The minimum absolute atomic E-state index is 0.217. The molecule has 0 saturated carbocycles. The zero-order valence-corrected chi connectivity index (χ0v) is 21.2. The molecule has 0 aliphatic rings. The molecule has 0 aromatic heterocycles. The van der Waals surface area contributed by atoms with E-state index in [0.29, 0.717) is 6.42 Å². The summed E-state index contributed by atoms with van der Waals surface area (Å²) in [5.74, 6) is -0.217. The van der Waals surface area contributed by atoms with Crippen molar-refractivity contribution in [2.75, 3.05) is 0 Å². The average molecular weight is 430 g/mol. The van der Waals surface area contributed by atoms with E-state index in [1.807, 2.05) is 13.8 Å². The number of hydrogen-bond donors (Lipinski definition) is 2. The number of allylic oxidation sites excluding steroid dienone is 9. The standard InChI is InChI=1S/C28H47NO2/c1-8-27(30)29-28(31)21-26(7)20-12-19-25(6)18-11-17-24(5)16-10-15-23(4)14-9-13-22(2)3/h13,15,17,19,21,27,30H,8-12,14,16,18,20H2,1-7H3,(H,29,31)/b23-15+,24-17+,25-19+,26-21+. The van der Waals surface area contributed by atoms with Crippen LogP contribution in [-0.4, -0.2) is 17.2 Å². The fourth-order valence-corrected chi connectivity index (χ4v) is 3.14. The first-order chi connectivity index (χ1) is 14.6. The monoisotopic (exact) mass is 429 g/mol. The lowest BCUT2D eigenvalue weighted by Crippen LogP contribution is -2.32. The van der Waals surface area contributed by atoms with Crippen LogP contribution in [0.1, 0.15) is 106 Å². The molecule has 0 radical (unpaired) electrons. The van der Waals surface area contributed by atoms with Crippen LogP contribution in [0, 0.1) is 0 Å². The van der Waals surface area contributed by atoms with Gasteiger partial charge in [-0.3, -0.25) is 4.79 Å². The summed E-state index contributed by atoms with van der Waals surface area (Å²) in [7, 11) is 0. The fourth-order valence-electron chi connectivity index (χ4n) is 3.14. The molecule has 0 fully saturated rings. The van der Waals surface area contributed by atoms with Crippen LogP contribution < -0.4 is 5.32 Å². The summed E-state index contributed by atoms with van der Waals surface area (Å²) >= 11 is 0. The Balaban J connectivity index is 4.17. The van der Waals surface area contributed by atoms with Gasteiger partial charge >= 0.3 is 0 Å². The molecule has 0 rings (SSSR count). The van der Waals surface area contributed by atoms with Gasteiger partial charge in [-0.15, -0.1) is 0 Å². The van der Waals surface area contributed by atoms with E-state index in [9.17, 15) is 9.90 Å². The molecule has 0 heterocycles. The number of nitrogens with one attached hydrogen (secondary N) is 1. The number of carbonyl (C=O) groups is 1. The number of aliphatic hydroxyl groups excluding tert-OH is 1. The first kappa shape index (κ1) is 29.1. The second-order valence-corrected chi connectivity index (χ2v) is 9.01. The van der Waals surface area contributed by atoms with Gasteiger partial charge in [0.2, 0.25) is 5.91 Å². The van der Waals surface area contributed by atoms with Crippen molar-refractivity contribution in [3.8, 4) is 0 Å². The Morgan fingerprint density at radius 1 is 0.710 bits per heavy atom. The van der Waals surface area contributed by atoms with E-state index >= 15 is 0 Å². The zero-order chi connectivity index (χ0) is 23.6. The summed E-state index contributed by atoms with van der Waals surface area (Å²) < 4.78 is 0. The van der Waals surface area contributed by atoms with Gasteiger partial charge in [0.15, 0.2) is 0 Å². The highest BCUT2D eigenvalue weighted by molar-refractivity contribution is 5.88. The first-order valence-corrected chi connectivity index (χ1v) is 11.9. The van der Waals surface area contributed by atoms with Crippen molar-refractivity contribution in [2.24, 2.45) is 0 Å². The highest BCUT2D eigenvalue weighted by Gasteiger charge is 2.03. The third-order valence-corrected chi connectivity index (χ3v) is 5.26. The molecule has 0 aliphatic carbocycles. The molecule has 2 N–H and O–H groups in total. The molecule has 1 amide bonds. The summed E-state index contributed by atoms with van der Waals surface area (Å²) in [5.41, 5.74) is 6.80. The molecule has 1 unspecified atom stereocenters. The van der Waals surface area contributed by atoms with E-state index in [4.69, 9.17) is 0 Å². The Morgan fingerprint density at radius 2 is 1.10 bits per heavy atom. The third kappa shape index (κ3) is 18.6. The maximum Gasteiger partial charge on any atom is 0.245 e. The van der Waals surface area contributed by atoms with E-state index in [0.717, 1.165) is 56.9 Å². The smallest absolute Gasteiger partial charge is 0.245 e. The SMILES string of the molecule is CCC(O)NC(=O)/C=C(\C)CC/C=C(\C)CC/C=C(\C)CC/C=C(\C)CCC=C(C)C. The number of rotatable bonds is 15. The molecule has 0 aromatic rings. The van der Waals surface area contributed by atoms with Crippen molar-refractivity contribution in [1.82, 2.24) is 5.32 Å². The molecule has 3 nitrogen and oxygen atoms in total. The first-order valence-electron chi connectivity index (χ1n) is 11.9. The van der Waals surface area contributed by atoms with Gasteiger partial charge in [-0.25, -0.2) is 0 Å². The second-order valence-electron chi connectivity index (χ2n) is 9.01. The summed E-state index contributed by atoms with van der Waals surface area (Å²) in [6.07, 6.45) is 19.3. The molecular weight excluding hydrogens is 382 g/mol. The van der Waals surface area contributed by atoms with Gasteiger partial charge in [0.1, 0.15) is 6.23 Å². The zero-order valence-electron chi connectivity index (χ0n) is 21.2. The molecule has 176 valence electrons. The molecule has 0 aliphatic heterocycles. The highest BCUT2D eigenvalue weighted by atomic mass is 16.3. The van der Waals surface area contributed by atoms with Crippen molar-refractivity contribution < 1.29 is 9.90 Å². The van der Waals surface area contributed by atoms with Crippen molar-refractivity contribution >= 4 is 5.91 Å². The van der Waals surface area contributed by atoms with Crippen LogP contribution in [0.3, 0.4) is 0 Å². The Bertz CT molecular complexity index is 673. The lowest BCUT2D eigenvalue weighted by molar-refractivity contribution is -0.119. The Morgan fingerprint density at radius 3 is 1.48 bits per heavy atom. The van der Waals surface area contributed by atoms with Crippen LogP contribution >= 0.6 is 0 Å². The predicted octanol–water partition coefficient (Wildman–Crippen LogP) is 7.70. The van der Waals surface area contributed by atoms with Crippen LogP contribution in [0.4, 0.5) is 0 Å². The van der Waals surface area contributed by atoms with Crippen molar-refractivity contribution in [2.45, 2.75) is 112 Å². The van der Waals surface area contributed by atoms with Gasteiger partial charge in [0.25, 0.3) is 0 Å². The third-order valence-electron chi connectivity index (χ3n) is 5.26. The molecule has 31 heavy (non-hydrogen) atoms. The lowest BCUT2D eigenvalue weighted by atomic mass is 10.0. The summed E-state index contributed by atoms with van der Waals surface area (Å²) in [6.45, 7) is 14.8. The molecular formula is C28H47NO2. The number of carbonyl (C=O) groups excluding carboxylic acids is 1. The van der Waals surface area contributed by atoms with Crippen LogP contribution in [0.5, 0.6) is 0 Å². The maximum absolute atomic E-state index is 11.7. The Labute approximate surface area is 192 Å². The van der Waals surface area contributed by atoms with Crippen molar-refractivity contribution in [1.29, 1.82) is 0 Å². The van der Waals surface area contributed by atoms with Gasteiger partial charge in [0, 0.05) is 6.08 Å². The topological polar surface area (TPSA) is 49.3 Å². The van der Waals surface area contributed by atoms with Crippen LogP contribution in [0.25, 0.3) is 0 Å². The number of aliphatic hydroxyl groups is 1. The van der Waals surface area contributed by atoms with Gasteiger partial charge in [-0.05, 0) is 99.3 Å². The molecule has 3 heteroatoms. The minimum atomic E-state index is -0.761. The van der Waals surface area contributed by atoms with E-state index in [1.54, 1.807) is 6.08 Å². The molecule has 0 aromatic carbocycles. The minimum Gasteiger partial charge on any atom is -0.374 e. The van der Waals surface area contributed by atoms with Crippen molar-refractivity contribution in [3.63, 3.8) is 0 Å². The van der Waals surface area contributed by atoms with Gasteiger partial charge in [-0.2, -0.15) is 0 Å². The Hall–Kier alpha value is -1.87. The quantitative estimate of drug-likeness (QED) is 0.159. The molecule has 0 spiro atoms. The average Bonchev–Trinajstić information content (AvgIpc) is 2.67. The van der Waals surface area contributed by atoms with E-state index in [2.05, 4.69) is 64.2 Å². The van der Waals surface area contributed by atoms with E-state index < -0.39 is 6.23 Å². The number of amides is 1. The van der Waals surface area contributed by atoms with Crippen molar-refractivity contribution in [3.05, 3.63) is 58.2 Å². The molecule has 1 atom stereocenters. The van der Waals surface area contributed by atoms with E-state index in [1.165, 1.54) is 22.3 Å².